The van der Waals surface area contributed by atoms with Crippen molar-refractivity contribution in [3.8, 4) is 0 Å². The molecule has 0 heterocycles. The van der Waals surface area contributed by atoms with Crippen LogP contribution in [0.1, 0.15) is 18.1 Å². The van der Waals surface area contributed by atoms with E-state index in [-0.39, 0.29) is 0 Å². The lowest BCUT2D eigenvalue weighted by Crippen LogP contribution is -1.80. The largest absolute Gasteiger partial charge is 0.513 e. The van der Waals surface area contributed by atoms with Gasteiger partial charge in [-0.25, -0.2) is 0 Å². The second-order valence-corrected chi connectivity index (χ2v) is 2.62. The van der Waals surface area contributed by atoms with Crippen LogP contribution < -0.4 is 0 Å². The van der Waals surface area contributed by atoms with Gasteiger partial charge in [-0.15, -0.1) is 0 Å². The molecule has 0 spiro atoms. The summed E-state index contributed by atoms with van der Waals surface area (Å²) in [6.45, 7) is 5.34. The van der Waals surface area contributed by atoms with Crippen LogP contribution in [0.5, 0.6) is 0 Å². The second kappa shape index (κ2) is 3.77. The van der Waals surface area contributed by atoms with Crippen molar-refractivity contribution < 1.29 is 5.11 Å². The first-order valence-electron chi connectivity index (χ1n) is 3.83. The van der Waals surface area contributed by atoms with Crippen LogP contribution >= 0.6 is 0 Å². The van der Waals surface area contributed by atoms with Gasteiger partial charge in [-0.1, -0.05) is 36.9 Å². The molecule has 0 saturated carbocycles. The van der Waals surface area contributed by atoms with Gasteiger partial charge in [-0.2, -0.15) is 0 Å². The number of hydrogen-bond donors (Lipinski definition) is 1. The summed E-state index contributed by atoms with van der Waals surface area (Å²) in [5.74, 6) is 0.310. The third-order valence-electron chi connectivity index (χ3n) is 1.58. The van der Waals surface area contributed by atoms with Crippen molar-refractivity contribution in [1.82, 2.24) is 0 Å². The zero-order valence-electron chi connectivity index (χ0n) is 7.12. The monoisotopic (exact) mass is 160 g/mol. The molecule has 1 aromatic rings. The topological polar surface area (TPSA) is 20.2 Å². The van der Waals surface area contributed by atoms with Gasteiger partial charge in [-0.3, -0.25) is 0 Å². The summed E-state index contributed by atoms with van der Waals surface area (Å²) in [5.41, 5.74) is 2.03. The molecule has 62 valence electrons. The smallest absolute Gasteiger partial charge is 0.0897 e. The van der Waals surface area contributed by atoms with Crippen molar-refractivity contribution in [2.24, 2.45) is 0 Å². The molecule has 0 fully saturated rings. The Kier molecular flexibility index (Phi) is 2.70. The van der Waals surface area contributed by atoms with E-state index >= 15 is 0 Å². The van der Waals surface area contributed by atoms with Crippen molar-refractivity contribution in [2.75, 3.05) is 0 Å². The highest BCUT2D eigenvalue weighted by molar-refractivity contribution is 5.64. The van der Waals surface area contributed by atoms with Gasteiger partial charge in [0, 0.05) is 0 Å². The van der Waals surface area contributed by atoms with Crippen LogP contribution in [0.15, 0.2) is 36.6 Å². The van der Waals surface area contributed by atoms with Crippen LogP contribution in [0, 0.1) is 0 Å². The van der Waals surface area contributed by atoms with Gasteiger partial charge < -0.3 is 5.11 Å². The summed E-state index contributed by atoms with van der Waals surface area (Å²) in [6.07, 6.45) is 3.49. The summed E-state index contributed by atoms with van der Waals surface area (Å²) >= 11 is 0. The van der Waals surface area contributed by atoms with E-state index in [2.05, 4.69) is 6.58 Å². The molecule has 0 atom stereocenters. The molecule has 0 radical (unpaired) electrons. The van der Waals surface area contributed by atoms with E-state index in [1.54, 1.807) is 19.1 Å². The minimum Gasteiger partial charge on any atom is -0.513 e. The molecule has 0 aliphatic heterocycles. The van der Waals surface area contributed by atoms with Gasteiger partial charge in [0.25, 0.3) is 0 Å². The zero-order chi connectivity index (χ0) is 8.97. The van der Waals surface area contributed by atoms with Gasteiger partial charge in [0.1, 0.15) is 0 Å². The molecular formula is C11H12O. The molecule has 1 aromatic carbocycles. The maximum atomic E-state index is 9.05. The lowest BCUT2D eigenvalue weighted by molar-refractivity contribution is 0.420. The SMILES string of the molecule is C=Cc1ccccc1/C=C(\C)O. The van der Waals surface area contributed by atoms with Crippen LogP contribution in [0.25, 0.3) is 12.2 Å². The Bertz CT molecular complexity index is 307. The molecule has 12 heavy (non-hydrogen) atoms. The summed E-state index contributed by atoms with van der Waals surface area (Å²) in [7, 11) is 0. The fraction of sp³-hybridized carbons (Fsp3) is 0.0909. The normalized spacial score (nSPS) is 11.2. The number of rotatable bonds is 2. The fourth-order valence-corrected chi connectivity index (χ4v) is 1.05. The third-order valence-corrected chi connectivity index (χ3v) is 1.58. The summed E-state index contributed by atoms with van der Waals surface area (Å²) in [5, 5.41) is 9.05. The van der Waals surface area contributed by atoms with E-state index < -0.39 is 0 Å². The molecule has 0 bridgehead atoms. The van der Waals surface area contributed by atoms with Crippen molar-refractivity contribution >= 4 is 12.2 Å². The van der Waals surface area contributed by atoms with Crippen molar-refractivity contribution in [1.29, 1.82) is 0 Å². The lowest BCUT2D eigenvalue weighted by atomic mass is 10.1. The quantitative estimate of drug-likeness (QED) is 0.658. The Morgan fingerprint density at radius 3 is 2.42 bits per heavy atom. The zero-order valence-corrected chi connectivity index (χ0v) is 7.12. The maximum absolute atomic E-state index is 9.05. The van der Waals surface area contributed by atoms with Crippen molar-refractivity contribution in [2.45, 2.75) is 6.92 Å². The Morgan fingerprint density at radius 2 is 1.92 bits per heavy atom. The second-order valence-electron chi connectivity index (χ2n) is 2.62. The summed E-state index contributed by atoms with van der Waals surface area (Å²) < 4.78 is 0. The molecule has 1 nitrogen and oxygen atoms in total. The van der Waals surface area contributed by atoms with Gasteiger partial charge in [0.15, 0.2) is 0 Å². The maximum Gasteiger partial charge on any atom is 0.0897 e. The Hall–Kier alpha value is -1.50. The highest BCUT2D eigenvalue weighted by atomic mass is 16.3. The van der Waals surface area contributed by atoms with E-state index in [4.69, 9.17) is 5.11 Å². The predicted molar refractivity (Wildman–Crippen MR) is 52.8 cm³/mol. The molecule has 0 aromatic heterocycles. The predicted octanol–water partition coefficient (Wildman–Crippen LogP) is 3.25. The number of aliphatic hydroxyl groups is 1. The van der Waals surface area contributed by atoms with Gasteiger partial charge in [-0.05, 0) is 24.1 Å². The Balaban J connectivity index is 3.14. The fourth-order valence-electron chi connectivity index (χ4n) is 1.05. The molecule has 1 rings (SSSR count). The van der Waals surface area contributed by atoms with Crippen LogP contribution in [0.3, 0.4) is 0 Å². The lowest BCUT2D eigenvalue weighted by Gasteiger charge is -1.99. The van der Waals surface area contributed by atoms with E-state index in [1.807, 2.05) is 24.3 Å². The molecule has 0 saturated heterocycles. The Labute approximate surface area is 72.7 Å². The highest BCUT2D eigenvalue weighted by Crippen LogP contribution is 2.12. The number of hydrogen-bond acceptors (Lipinski definition) is 1. The van der Waals surface area contributed by atoms with Gasteiger partial charge in [0.05, 0.1) is 5.76 Å². The van der Waals surface area contributed by atoms with Crippen LogP contribution in [-0.2, 0) is 0 Å². The summed E-state index contributed by atoms with van der Waals surface area (Å²) in [6, 6.07) is 7.78. The molecule has 0 unspecified atom stereocenters. The average Bonchev–Trinajstić information content (AvgIpc) is 2.04. The number of benzene rings is 1. The summed E-state index contributed by atoms with van der Waals surface area (Å²) in [4.78, 5) is 0. The molecule has 1 N–H and O–H groups in total. The average molecular weight is 160 g/mol. The van der Waals surface area contributed by atoms with Crippen LogP contribution in [0.2, 0.25) is 0 Å². The molecule has 0 amide bonds. The van der Waals surface area contributed by atoms with E-state index in [9.17, 15) is 0 Å². The molecule has 0 aliphatic carbocycles. The minimum absolute atomic E-state index is 0.310. The number of aliphatic hydroxyl groups excluding tert-OH is 1. The highest BCUT2D eigenvalue weighted by Gasteiger charge is 1.93. The Morgan fingerprint density at radius 1 is 1.33 bits per heavy atom. The first kappa shape index (κ1) is 8.60. The molecule has 1 heteroatoms. The van der Waals surface area contributed by atoms with Gasteiger partial charge in [0.2, 0.25) is 0 Å². The van der Waals surface area contributed by atoms with E-state index in [1.165, 1.54) is 0 Å². The van der Waals surface area contributed by atoms with Crippen LogP contribution in [0.4, 0.5) is 0 Å². The van der Waals surface area contributed by atoms with E-state index in [0.29, 0.717) is 5.76 Å². The molecule has 0 aliphatic rings. The van der Waals surface area contributed by atoms with Crippen LogP contribution in [-0.4, -0.2) is 5.11 Å². The third kappa shape index (κ3) is 1.99. The molecular weight excluding hydrogens is 148 g/mol. The van der Waals surface area contributed by atoms with Gasteiger partial charge >= 0.3 is 0 Å². The first-order chi connectivity index (χ1) is 5.74. The van der Waals surface area contributed by atoms with Crippen molar-refractivity contribution in [3.63, 3.8) is 0 Å². The first-order valence-corrected chi connectivity index (χ1v) is 3.83. The standard InChI is InChI=1S/C11H12O/c1-3-10-6-4-5-7-11(10)8-9(2)12/h3-8,12H,1H2,2H3/b9-8+. The van der Waals surface area contributed by atoms with E-state index in [0.717, 1.165) is 11.1 Å². The number of allylic oxidation sites excluding steroid dienone is 1. The minimum atomic E-state index is 0.310. The van der Waals surface area contributed by atoms with Crippen molar-refractivity contribution in [3.05, 3.63) is 47.7 Å².